The molecule has 0 aliphatic carbocycles. The molecule has 4 nitrogen and oxygen atoms in total. The van der Waals surface area contributed by atoms with Gasteiger partial charge in [0.05, 0.1) is 12.6 Å². The number of rotatable bonds is 3. The van der Waals surface area contributed by atoms with Crippen molar-refractivity contribution < 1.29 is 14.3 Å². The number of carboxylic acid groups (broad SMARTS) is 1. The van der Waals surface area contributed by atoms with E-state index in [9.17, 15) is 4.79 Å². The zero-order chi connectivity index (χ0) is 8.27. The number of aromatic nitrogens is 1. The molecule has 0 bridgehead atoms. The van der Waals surface area contributed by atoms with E-state index in [0.717, 1.165) is 0 Å². The minimum Gasteiger partial charge on any atom is -0.481 e. The summed E-state index contributed by atoms with van der Waals surface area (Å²) in [5.74, 6) is -0.309. The van der Waals surface area contributed by atoms with Crippen LogP contribution in [-0.4, -0.2) is 16.1 Å². The van der Waals surface area contributed by atoms with Crippen LogP contribution < -0.4 is 0 Å². The monoisotopic (exact) mass is 155 g/mol. The third-order valence-electron chi connectivity index (χ3n) is 1.42. The van der Waals surface area contributed by atoms with Crippen LogP contribution in [0.4, 0.5) is 0 Å². The van der Waals surface area contributed by atoms with Gasteiger partial charge in [-0.1, -0.05) is 6.92 Å². The Kier molecular flexibility index (Phi) is 2.25. The maximum Gasteiger partial charge on any atom is 0.304 e. The van der Waals surface area contributed by atoms with E-state index in [1.54, 1.807) is 6.92 Å². The van der Waals surface area contributed by atoms with E-state index >= 15 is 0 Å². The van der Waals surface area contributed by atoms with Crippen LogP contribution >= 0.6 is 0 Å². The lowest BCUT2D eigenvalue weighted by Gasteiger charge is -2.01. The van der Waals surface area contributed by atoms with Crippen LogP contribution in [0, 0.1) is 0 Å². The van der Waals surface area contributed by atoms with Crippen LogP contribution in [0.15, 0.2) is 17.0 Å². The van der Waals surface area contributed by atoms with Gasteiger partial charge < -0.3 is 9.52 Å². The normalized spacial score (nSPS) is 12.8. The maximum atomic E-state index is 10.2. The molecule has 0 fully saturated rings. The highest BCUT2D eigenvalue weighted by Crippen LogP contribution is 2.17. The molecule has 1 rings (SSSR count). The van der Waals surface area contributed by atoms with Gasteiger partial charge in [0.25, 0.3) is 0 Å². The van der Waals surface area contributed by atoms with Crippen LogP contribution in [0.3, 0.4) is 0 Å². The largest absolute Gasteiger partial charge is 0.481 e. The third-order valence-corrected chi connectivity index (χ3v) is 1.42. The minimum absolute atomic E-state index is 0.0786. The van der Waals surface area contributed by atoms with Gasteiger partial charge in [-0.25, -0.2) is 4.98 Å². The Morgan fingerprint density at radius 2 is 2.64 bits per heavy atom. The van der Waals surface area contributed by atoms with Crippen LogP contribution in [-0.2, 0) is 4.79 Å². The molecular formula is C7H9NO3. The van der Waals surface area contributed by atoms with Crippen molar-refractivity contribution in [3.05, 3.63) is 18.4 Å². The second-order valence-corrected chi connectivity index (χ2v) is 2.40. The number of carboxylic acids is 1. The average molecular weight is 155 g/mol. The van der Waals surface area contributed by atoms with Gasteiger partial charge >= 0.3 is 5.97 Å². The fraction of sp³-hybridized carbons (Fsp3) is 0.429. The molecule has 0 aliphatic rings. The van der Waals surface area contributed by atoms with Crippen molar-refractivity contribution in [2.75, 3.05) is 0 Å². The smallest absolute Gasteiger partial charge is 0.304 e. The van der Waals surface area contributed by atoms with Crippen molar-refractivity contribution in [3.8, 4) is 0 Å². The number of hydrogen-bond acceptors (Lipinski definition) is 3. The van der Waals surface area contributed by atoms with Gasteiger partial charge in [0.1, 0.15) is 5.76 Å². The summed E-state index contributed by atoms with van der Waals surface area (Å²) in [6, 6.07) is 0. The summed E-state index contributed by atoms with van der Waals surface area (Å²) in [5, 5.41) is 8.42. The van der Waals surface area contributed by atoms with Gasteiger partial charge in [0.15, 0.2) is 6.39 Å². The van der Waals surface area contributed by atoms with Gasteiger partial charge in [-0.05, 0) is 0 Å². The van der Waals surface area contributed by atoms with Gasteiger partial charge in [-0.15, -0.1) is 0 Å². The van der Waals surface area contributed by atoms with E-state index in [-0.39, 0.29) is 12.3 Å². The highest BCUT2D eigenvalue weighted by atomic mass is 16.4. The molecule has 0 unspecified atom stereocenters. The van der Waals surface area contributed by atoms with Crippen molar-refractivity contribution in [3.63, 3.8) is 0 Å². The van der Waals surface area contributed by atoms with Crippen molar-refractivity contribution >= 4 is 5.97 Å². The first kappa shape index (κ1) is 7.78. The molecule has 0 aromatic carbocycles. The lowest BCUT2D eigenvalue weighted by molar-refractivity contribution is -0.137. The van der Waals surface area contributed by atoms with Crippen LogP contribution in [0.5, 0.6) is 0 Å². The predicted molar refractivity (Wildman–Crippen MR) is 37.2 cm³/mol. The quantitative estimate of drug-likeness (QED) is 0.713. The Morgan fingerprint density at radius 3 is 3.09 bits per heavy atom. The Hall–Kier alpha value is -1.32. The molecule has 1 aromatic rings. The number of oxazole rings is 1. The van der Waals surface area contributed by atoms with Crippen LogP contribution in [0.1, 0.15) is 25.0 Å². The number of carbonyl (C=O) groups is 1. The van der Waals surface area contributed by atoms with Gasteiger partial charge in [-0.2, -0.15) is 0 Å². The molecule has 1 atom stereocenters. The zero-order valence-electron chi connectivity index (χ0n) is 6.15. The molecule has 0 spiro atoms. The van der Waals surface area contributed by atoms with Crippen LogP contribution in [0.25, 0.3) is 0 Å². The molecule has 0 saturated heterocycles. The summed E-state index contributed by atoms with van der Waals surface area (Å²) in [6.07, 6.45) is 2.91. The lowest BCUT2D eigenvalue weighted by Crippen LogP contribution is -2.01. The first-order chi connectivity index (χ1) is 5.20. The maximum absolute atomic E-state index is 10.2. The van der Waals surface area contributed by atoms with E-state index in [1.165, 1.54) is 12.6 Å². The summed E-state index contributed by atoms with van der Waals surface area (Å²) < 4.78 is 4.92. The second-order valence-electron chi connectivity index (χ2n) is 2.40. The standard InChI is InChI=1S/C7H9NO3/c1-5(2-7(9)10)6-3-8-4-11-6/h3-5H,2H2,1H3,(H,9,10)/t5-/m0/s1. The van der Waals surface area contributed by atoms with Crippen molar-refractivity contribution in [1.82, 2.24) is 4.98 Å². The fourth-order valence-corrected chi connectivity index (χ4v) is 0.832. The van der Waals surface area contributed by atoms with Gasteiger partial charge in [0.2, 0.25) is 0 Å². The Bertz CT molecular complexity index is 230. The number of nitrogens with zero attached hydrogens (tertiary/aromatic N) is 1. The summed E-state index contributed by atoms with van der Waals surface area (Å²) in [6.45, 7) is 1.79. The second kappa shape index (κ2) is 3.18. The molecule has 11 heavy (non-hydrogen) atoms. The highest BCUT2D eigenvalue weighted by Gasteiger charge is 2.12. The Balaban J connectivity index is 2.56. The molecule has 0 saturated carbocycles. The van der Waals surface area contributed by atoms with E-state index in [0.29, 0.717) is 5.76 Å². The molecule has 1 N–H and O–H groups in total. The third kappa shape index (κ3) is 2.07. The molecular weight excluding hydrogens is 146 g/mol. The summed E-state index contributed by atoms with van der Waals surface area (Å²) in [7, 11) is 0. The van der Waals surface area contributed by atoms with Crippen molar-refractivity contribution in [1.29, 1.82) is 0 Å². The zero-order valence-corrected chi connectivity index (χ0v) is 6.15. The van der Waals surface area contributed by atoms with Gasteiger partial charge in [0, 0.05) is 5.92 Å². The highest BCUT2D eigenvalue weighted by molar-refractivity contribution is 5.67. The fourth-order valence-electron chi connectivity index (χ4n) is 0.832. The molecule has 1 aromatic heterocycles. The number of hydrogen-bond donors (Lipinski definition) is 1. The first-order valence-corrected chi connectivity index (χ1v) is 3.30. The van der Waals surface area contributed by atoms with E-state index < -0.39 is 5.97 Å². The Morgan fingerprint density at radius 1 is 1.91 bits per heavy atom. The molecule has 0 radical (unpaired) electrons. The van der Waals surface area contributed by atoms with Gasteiger partial charge in [-0.3, -0.25) is 4.79 Å². The SMILES string of the molecule is C[C@@H](CC(=O)O)c1cnco1. The van der Waals surface area contributed by atoms with E-state index in [1.807, 2.05) is 0 Å². The summed E-state index contributed by atoms with van der Waals surface area (Å²) >= 11 is 0. The van der Waals surface area contributed by atoms with Crippen LogP contribution in [0.2, 0.25) is 0 Å². The van der Waals surface area contributed by atoms with Crippen molar-refractivity contribution in [2.45, 2.75) is 19.3 Å². The first-order valence-electron chi connectivity index (χ1n) is 3.30. The molecule has 0 amide bonds. The minimum atomic E-state index is -0.825. The number of aliphatic carboxylic acids is 1. The molecule has 60 valence electrons. The average Bonchev–Trinajstić information content (AvgIpc) is 2.35. The van der Waals surface area contributed by atoms with E-state index in [4.69, 9.17) is 9.52 Å². The lowest BCUT2D eigenvalue weighted by atomic mass is 10.1. The molecule has 1 heterocycles. The summed E-state index contributed by atoms with van der Waals surface area (Å²) in [5.41, 5.74) is 0. The molecule has 0 aliphatic heterocycles. The topological polar surface area (TPSA) is 63.3 Å². The van der Waals surface area contributed by atoms with E-state index in [2.05, 4.69) is 4.98 Å². The summed E-state index contributed by atoms with van der Waals surface area (Å²) in [4.78, 5) is 13.9. The Labute approximate surface area is 63.9 Å². The molecule has 4 heteroatoms. The predicted octanol–water partition coefficient (Wildman–Crippen LogP) is 1.25. The van der Waals surface area contributed by atoms with Crippen molar-refractivity contribution in [2.24, 2.45) is 0 Å².